The summed E-state index contributed by atoms with van der Waals surface area (Å²) >= 11 is 6.04. The minimum Gasteiger partial charge on any atom is -0.355 e. The zero-order valence-corrected chi connectivity index (χ0v) is 12.0. The Morgan fingerprint density at radius 3 is 2.84 bits per heavy atom. The highest BCUT2D eigenvalue weighted by atomic mass is 35.5. The summed E-state index contributed by atoms with van der Waals surface area (Å²) in [7, 11) is 0. The monoisotopic (exact) mass is 277 g/mol. The van der Waals surface area contributed by atoms with Gasteiger partial charge in [0.1, 0.15) is 0 Å². The van der Waals surface area contributed by atoms with Crippen molar-refractivity contribution >= 4 is 17.5 Å². The molecule has 0 radical (unpaired) electrons. The quantitative estimate of drug-likeness (QED) is 0.643. The number of amides is 1. The molecule has 3 heteroatoms. The lowest BCUT2D eigenvalue weighted by molar-refractivity contribution is -0.129. The van der Waals surface area contributed by atoms with Crippen LogP contribution in [0.1, 0.15) is 38.2 Å². The van der Waals surface area contributed by atoms with Gasteiger partial charge in [-0.05, 0) is 43.9 Å². The first-order chi connectivity index (χ1) is 9.19. The molecule has 0 bridgehead atoms. The lowest BCUT2D eigenvalue weighted by Crippen LogP contribution is -2.49. The molecule has 102 valence electrons. The molecule has 0 aliphatic heterocycles. The molecule has 1 amide bonds. The standard InChI is InChI=1S/C16H20ClNO/c1-2-3-4-11-18-15(19)16(9-6-10-16)13-7-5-8-14(17)12-13/h2-3,5,7-8,12H,4,6,9-11H2,1H3,(H,18,19)/b3-2+. The number of nitrogens with one attached hydrogen (secondary N) is 1. The molecule has 1 aliphatic carbocycles. The summed E-state index contributed by atoms with van der Waals surface area (Å²) in [6.07, 6.45) is 7.89. The van der Waals surface area contributed by atoms with E-state index in [1.807, 2.05) is 37.3 Å². The molecule has 0 heterocycles. The first-order valence-corrected chi connectivity index (χ1v) is 7.22. The third-order valence-electron chi connectivity index (χ3n) is 3.85. The third kappa shape index (κ3) is 3.01. The second kappa shape index (κ2) is 6.25. The number of carbonyl (C=O) groups excluding carboxylic acids is 1. The molecule has 1 aromatic carbocycles. The Bertz CT molecular complexity index is 477. The van der Waals surface area contributed by atoms with Gasteiger partial charge >= 0.3 is 0 Å². The van der Waals surface area contributed by atoms with Crippen LogP contribution < -0.4 is 5.32 Å². The van der Waals surface area contributed by atoms with Crippen molar-refractivity contribution in [3.8, 4) is 0 Å². The normalized spacial score (nSPS) is 17.2. The largest absolute Gasteiger partial charge is 0.355 e. The fourth-order valence-electron chi connectivity index (χ4n) is 2.57. The molecule has 0 spiro atoms. The molecular weight excluding hydrogens is 258 g/mol. The fourth-order valence-corrected chi connectivity index (χ4v) is 2.76. The maximum Gasteiger partial charge on any atom is 0.230 e. The van der Waals surface area contributed by atoms with E-state index < -0.39 is 0 Å². The van der Waals surface area contributed by atoms with Crippen molar-refractivity contribution in [2.24, 2.45) is 0 Å². The molecule has 1 saturated carbocycles. The van der Waals surface area contributed by atoms with Gasteiger partial charge < -0.3 is 5.32 Å². The van der Waals surface area contributed by atoms with Crippen molar-refractivity contribution in [2.75, 3.05) is 6.54 Å². The molecular formula is C16H20ClNO. The number of halogens is 1. The minimum atomic E-state index is -0.346. The van der Waals surface area contributed by atoms with Gasteiger partial charge in [-0.3, -0.25) is 4.79 Å². The van der Waals surface area contributed by atoms with Crippen molar-refractivity contribution < 1.29 is 4.79 Å². The van der Waals surface area contributed by atoms with E-state index in [9.17, 15) is 4.79 Å². The van der Waals surface area contributed by atoms with Crippen molar-refractivity contribution in [3.63, 3.8) is 0 Å². The molecule has 1 aliphatic rings. The van der Waals surface area contributed by atoms with Crippen LogP contribution in [0.5, 0.6) is 0 Å². The van der Waals surface area contributed by atoms with E-state index in [0.29, 0.717) is 11.6 Å². The zero-order chi connectivity index (χ0) is 13.7. The van der Waals surface area contributed by atoms with Gasteiger partial charge in [-0.2, -0.15) is 0 Å². The first kappa shape index (κ1) is 14.1. The Hall–Kier alpha value is -1.28. The molecule has 2 rings (SSSR count). The highest BCUT2D eigenvalue weighted by Gasteiger charge is 2.45. The highest BCUT2D eigenvalue weighted by Crippen LogP contribution is 2.44. The molecule has 0 unspecified atom stereocenters. The van der Waals surface area contributed by atoms with E-state index in [1.54, 1.807) is 0 Å². The van der Waals surface area contributed by atoms with Crippen LogP contribution in [-0.2, 0) is 10.2 Å². The van der Waals surface area contributed by atoms with Crippen LogP contribution in [0.4, 0.5) is 0 Å². The molecule has 0 aromatic heterocycles. The highest BCUT2D eigenvalue weighted by molar-refractivity contribution is 6.30. The molecule has 0 saturated heterocycles. The van der Waals surface area contributed by atoms with Gasteiger partial charge in [0.25, 0.3) is 0 Å². The predicted molar refractivity (Wildman–Crippen MR) is 79.4 cm³/mol. The fraction of sp³-hybridized carbons (Fsp3) is 0.438. The smallest absolute Gasteiger partial charge is 0.230 e. The molecule has 0 atom stereocenters. The van der Waals surface area contributed by atoms with Crippen LogP contribution in [0.15, 0.2) is 36.4 Å². The van der Waals surface area contributed by atoms with Crippen LogP contribution in [0.25, 0.3) is 0 Å². The summed E-state index contributed by atoms with van der Waals surface area (Å²) in [6, 6.07) is 7.70. The molecule has 19 heavy (non-hydrogen) atoms. The number of rotatable bonds is 5. The van der Waals surface area contributed by atoms with E-state index in [1.165, 1.54) is 0 Å². The van der Waals surface area contributed by atoms with E-state index in [2.05, 4.69) is 11.4 Å². The van der Waals surface area contributed by atoms with Crippen molar-refractivity contribution in [3.05, 3.63) is 47.0 Å². The Morgan fingerprint density at radius 1 is 1.47 bits per heavy atom. The van der Waals surface area contributed by atoms with Crippen LogP contribution in [0, 0.1) is 0 Å². The van der Waals surface area contributed by atoms with E-state index >= 15 is 0 Å². The number of carbonyl (C=O) groups is 1. The summed E-state index contributed by atoms with van der Waals surface area (Å²) in [5.41, 5.74) is 0.704. The number of hydrogen-bond donors (Lipinski definition) is 1. The summed E-state index contributed by atoms with van der Waals surface area (Å²) in [5.74, 6) is 0.144. The topological polar surface area (TPSA) is 29.1 Å². The average Bonchev–Trinajstić information content (AvgIpc) is 2.33. The third-order valence-corrected chi connectivity index (χ3v) is 4.09. The SMILES string of the molecule is C/C=C/CCNC(=O)C1(c2cccc(Cl)c2)CCC1. The first-order valence-electron chi connectivity index (χ1n) is 6.84. The summed E-state index contributed by atoms with van der Waals surface area (Å²) in [5, 5.41) is 3.74. The summed E-state index contributed by atoms with van der Waals surface area (Å²) in [6.45, 7) is 2.69. The Kier molecular flexibility index (Phi) is 4.65. The van der Waals surface area contributed by atoms with Gasteiger partial charge in [-0.25, -0.2) is 0 Å². The molecule has 1 N–H and O–H groups in total. The minimum absolute atomic E-state index is 0.144. The van der Waals surface area contributed by atoms with Crippen molar-refractivity contribution in [2.45, 2.75) is 38.0 Å². The van der Waals surface area contributed by atoms with Crippen LogP contribution >= 0.6 is 11.6 Å². The number of benzene rings is 1. The van der Waals surface area contributed by atoms with Crippen LogP contribution in [-0.4, -0.2) is 12.5 Å². The molecule has 1 fully saturated rings. The Balaban J connectivity index is 2.07. The average molecular weight is 278 g/mol. The zero-order valence-electron chi connectivity index (χ0n) is 11.3. The number of hydrogen-bond acceptors (Lipinski definition) is 1. The Labute approximate surface area is 119 Å². The van der Waals surface area contributed by atoms with Gasteiger partial charge in [-0.1, -0.05) is 42.3 Å². The number of allylic oxidation sites excluding steroid dienone is 1. The van der Waals surface area contributed by atoms with Crippen LogP contribution in [0.2, 0.25) is 5.02 Å². The Morgan fingerprint density at radius 2 is 2.26 bits per heavy atom. The van der Waals surface area contributed by atoms with Crippen molar-refractivity contribution in [1.29, 1.82) is 0 Å². The van der Waals surface area contributed by atoms with E-state index in [4.69, 9.17) is 11.6 Å². The lowest BCUT2D eigenvalue weighted by Gasteiger charge is -2.40. The van der Waals surface area contributed by atoms with Crippen molar-refractivity contribution in [1.82, 2.24) is 5.32 Å². The van der Waals surface area contributed by atoms with Crippen LogP contribution in [0.3, 0.4) is 0 Å². The molecule has 1 aromatic rings. The summed E-state index contributed by atoms with van der Waals surface area (Å²) < 4.78 is 0. The predicted octanol–water partition coefficient (Wildman–Crippen LogP) is 3.84. The second-order valence-electron chi connectivity index (χ2n) is 5.06. The van der Waals surface area contributed by atoms with E-state index in [-0.39, 0.29) is 11.3 Å². The van der Waals surface area contributed by atoms with Gasteiger partial charge in [0.05, 0.1) is 5.41 Å². The second-order valence-corrected chi connectivity index (χ2v) is 5.50. The maximum atomic E-state index is 12.4. The van der Waals surface area contributed by atoms with E-state index in [0.717, 1.165) is 31.2 Å². The molecule has 2 nitrogen and oxygen atoms in total. The maximum absolute atomic E-state index is 12.4. The van der Waals surface area contributed by atoms with Gasteiger partial charge in [-0.15, -0.1) is 0 Å². The summed E-state index contributed by atoms with van der Waals surface area (Å²) in [4.78, 5) is 12.4. The lowest BCUT2D eigenvalue weighted by atomic mass is 9.64. The van der Waals surface area contributed by atoms with Gasteiger partial charge in [0.15, 0.2) is 0 Å². The van der Waals surface area contributed by atoms with Gasteiger partial charge in [0, 0.05) is 11.6 Å². The van der Waals surface area contributed by atoms with Gasteiger partial charge in [0.2, 0.25) is 5.91 Å².